The van der Waals surface area contributed by atoms with E-state index in [0.717, 1.165) is 25.9 Å². The molecule has 0 aromatic carbocycles. The molecule has 1 aliphatic heterocycles. The SMILES string of the molecule is N#CC1CCCN1CC=CCl. The van der Waals surface area contributed by atoms with Crippen molar-refractivity contribution < 1.29 is 0 Å². The van der Waals surface area contributed by atoms with Gasteiger partial charge in [-0.15, -0.1) is 0 Å². The molecule has 0 N–H and O–H groups in total. The summed E-state index contributed by atoms with van der Waals surface area (Å²) in [6.45, 7) is 1.83. The molecular formula is C8H11ClN2. The molecule has 1 fully saturated rings. The van der Waals surface area contributed by atoms with Gasteiger partial charge in [-0.3, -0.25) is 4.90 Å². The molecule has 1 atom stereocenters. The second-order valence-corrected chi connectivity index (χ2v) is 2.90. The van der Waals surface area contributed by atoms with Crippen LogP contribution in [0.1, 0.15) is 12.8 Å². The second kappa shape index (κ2) is 4.38. The quantitative estimate of drug-likeness (QED) is 0.631. The number of nitriles is 1. The van der Waals surface area contributed by atoms with E-state index in [4.69, 9.17) is 16.9 Å². The fourth-order valence-corrected chi connectivity index (χ4v) is 1.45. The van der Waals surface area contributed by atoms with E-state index in [-0.39, 0.29) is 6.04 Å². The highest BCUT2D eigenvalue weighted by Crippen LogP contribution is 2.15. The Morgan fingerprint density at radius 3 is 3.18 bits per heavy atom. The Morgan fingerprint density at radius 1 is 1.73 bits per heavy atom. The minimum atomic E-state index is 0.114. The predicted octanol–water partition coefficient (Wildman–Crippen LogP) is 1.73. The van der Waals surface area contributed by atoms with Gasteiger partial charge in [0.25, 0.3) is 0 Å². The van der Waals surface area contributed by atoms with Crippen molar-refractivity contribution in [1.29, 1.82) is 5.26 Å². The van der Waals surface area contributed by atoms with Crippen molar-refractivity contribution in [3.63, 3.8) is 0 Å². The molecule has 3 heteroatoms. The van der Waals surface area contributed by atoms with Gasteiger partial charge in [-0.2, -0.15) is 5.26 Å². The minimum Gasteiger partial charge on any atom is -0.284 e. The van der Waals surface area contributed by atoms with Gasteiger partial charge < -0.3 is 0 Å². The highest BCUT2D eigenvalue weighted by Gasteiger charge is 2.22. The highest BCUT2D eigenvalue weighted by molar-refractivity contribution is 6.25. The van der Waals surface area contributed by atoms with E-state index >= 15 is 0 Å². The first-order chi connectivity index (χ1) is 5.38. The molecule has 1 aliphatic rings. The lowest BCUT2D eigenvalue weighted by Gasteiger charge is -2.15. The lowest BCUT2D eigenvalue weighted by Crippen LogP contribution is -2.27. The van der Waals surface area contributed by atoms with Crippen molar-refractivity contribution in [1.82, 2.24) is 4.90 Å². The summed E-state index contributed by atoms with van der Waals surface area (Å²) in [5.74, 6) is 0. The van der Waals surface area contributed by atoms with Gasteiger partial charge in [-0.05, 0) is 19.4 Å². The third-order valence-corrected chi connectivity index (χ3v) is 2.12. The molecule has 0 amide bonds. The number of rotatable bonds is 2. The van der Waals surface area contributed by atoms with E-state index in [1.54, 1.807) is 0 Å². The van der Waals surface area contributed by atoms with Crippen LogP contribution in [0.2, 0.25) is 0 Å². The monoisotopic (exact) mass is 170 g/mol. The molecule has 0 aliphatic carbocycles. The van der Waals surface area contributed by atoms with Gasteiger partial charge in [0, 0.05) is 12.1 Å². The third-order valence-electron chi connectivity index (χ3n) is 1.94. The van der Waals surface area contributed by atoms with E-state index in [1.807, 2.05) is 6.08 Å². The largest absolute Gasteiger partial charge is 0.284 e. The van der Waals surface area contributed by atoms with E-state index in [2.05, 4.69) is 11.0 Å². The van der Waals surface area contributed by atoms with Crippen LogP contribution in [0.4, 0.5) is 0 Å². The topological polar surface area (TPSA) is 27.0 Å². The Balaban J connectivity index is 2.39. The van der Waals surface area contributed by atoms with Crippen LogP contribution in [0, 0.1) is 11.3 Å². The van der Waals surface area contributed by atoms with Gasteiger partial charge in [0.1, 0.15) is 0 Å². The number of halogens is 1. The zero-order valence-corrected chi connectivity index (χ0v) is 7.09. The predicted molar refractivity (Wildman–Crippen MR) is 45.2 cm³/mol. The van der Waals surface area contributed by atoms with Crippen LogP contribution in [-0.2, 0) is 0 Å². The zero-order chi connectivity index (χ0) is 8.10. The molecule has 1 heterocycles. The molecule has 60 valence electrons. The Hall–Kier alpha value is -0.520. The Morgan fingerprint density at radius 2 is 2.55 bits per heavy atom. The summed E-state index contributed by atoms with van der Waals surface area (Å²) in [6, 6.07) is 2.39. The first-order valence-corrected chi connectivity index (χ1v) is 4.21. The van der Waals surface area contributed by atoms with Crippen LogP contribution in [0.15, 0.2) is 11.6 Å². The summed E-state index contributed by atoms with van der Waals surface area (Å²) in [7, 11) is 0. The van der Waals surface area contributed by atoms with Crippen molar-refractivity contribution in [3.05, 3.63) is 11.6 Å². The number of hydrogen-bond acceptors (Lipinski definition) is 2. The van der Waals surface area contributed by atoms with Gasteiger partial charge in [0.2, 0.25) is 0 Å². The van der Waals surface area contributed by atoms with Crippen LogP contribution in [0.3, 0.4) is 0 Å². The first-order valence-electron chi connectivity index (χ1n) is 3.77. The molecule has 0 bridgehead atoms. The molecule has 0 aromatic heterocycles. The summed E-state index contributed by atoms with van der Waals surface area (Å²) in [4.78, 5) is 2.14. The second-order valence-electron chi connectivity index (χ2n) is 2.64. The summed E-state index contributed by atoms with van der Waals surface area (Å²) in [6.07, 6.45) is 4.01. The Kier molecular flexibility index (Phi) is 3.41. The van der Waals surface area contributed by atoms with Crippen LogP contribution in [0.25, 0.3) is 0 Å². The van der Waals surface area contributed by atoms with Crippen LogP contribution in [-0.4, -0.2) is 24.0 Å². The van der Waals surface area contributed by atoms with Gasteiger partial charge in [0.15, 0.2) is 0 Å². The molecule has 1 saturated heterocycles. The van der Waals surface area contributed by atoms with E-state index in [9.17, 15) is 0 Å². The van der Waals surface area contributed by atoms with Crippen LogP contribution >= 0.6 is 11.6 Å². The van der Waals surface area contributed by atoms with Gasteiger partial charge >= 0.3 is 0 Å². The maximum Gasteiger partial charge on any atom is 0.0981 e. The third kappa shape index (κ3) is 2.21. The molecule has 0 radical (unpaired) electrons. The van der Waals surface area contributed by atoms with Crippen molar-refractivity contribution in [3.8, 4) is 6.07 Å². The minimum absolute atomic E-state index is 0.114. The van der Waals surface area contributed by atoms with E-state index in [0.29, 0.717) is 0 Å². The number of likely N-dealkylation sites (tertiary alicyclic amines) is 1. The maximum absolute atomic E-state index is 8.69. The van der Waals surface area contributed by atoms with Crippen molar-refractivity contribution in [2.24, 2.45) is 0 Å². The summed E-state index contributed by atoms with van der Waals surface area (Å²) in [5, 5.41) is 8.69. The molecule has 1 unspecified atom stereocenters. The highest BCUT2D eigenvalue weighted by atomic mass is 35.5. The molecule has 0 aromatic rings. The lowest BCUT2D eigenvalue weighted by molar-refractivity contribution is 0.327. The lowest BCUT2D eigenvalue weighted by atomic mass is 10.2. The average Bonchev–Trinajstić information content (AvgIpc) is 2.47. The van der Waals surface area contributed by atoms with Gasteiger partial charge in [-0.1, -0.05) is 17.7 Å². The molecule has 2 nitrogen and oxygen atoms in total. The van der Waals surface area contributed by atoms with Crippen molar-refractivity contribution >= 4 is 11.6 Å². The standard InChI is InChI=1S/C8H11ClN2/c9-4-2-6-11-5-1-3-8(11)7-10/h2,4,8H,1,3,5-6H2. The molecule has 0 saturated carbocycles. The Labute approximate surface area is 72.1 Å². The van der Waals surface area contributed by atoms with E-state index < -0.39 is 0 Å². The molecule has 0 spiro atoms. The number of nitrogens with zero attached hydrogens (tertiary/aromatic N) is 2. The summed E-state index contributed by atoms with van der Waals surface area (Å²) >= 11 is 5.38. The molecule has 11 heavy (non-hydrogen) atoms. The van der Waals surface area contributed by atoms with Crippen molar-refractivity contribution in [2.75, 3.05) is 13.1 Å². The van der Waals surface area contributed by atoms with E-state index in [1.165, 1.54) is 5.54 Å². The van der Waals surface area contributed by atoms with Gasteiger partial charge in [-0.25, -0.2) is 0 Å². The fraction of sp³-hybridized carbons (Fsp3) is 0.625. The van der Waals surface area contributed by atoms with Gasteiger partial charge in [0.05, 0.1) is 12.1 Å². The van der Waals surface area contributed by atoms with Crippen LogP contribution in [0.5, 0.6) is 0 Å². The smallest absolute Gasteiger partial charge is 0.0981 e. The Bertz CT molecular complexity index is 183. The fourth-order valence-electron chi connectivity index (χ4n) is 1.37. The summed E-state index contributed by atoms with van der Waals surface area (Å²) in [5.41, 5.74) is 1.51. The first kappa shape index (κ1) is 8.58. The normalized spacial score (nSPS) is 26.0. The average molecular weight is 171 g/mol. The number of hydrogen-bond donors (Lipinski definition) is 0. The summed E-state index contributed by atoms with van der Waals surface area (Å²) < 4.78 is 0. The van der Waals surface area contributed by atoms with Crippen molar-refractivity contribution in [2.45, 2.75) is 18.9 Å². The molecule has 1 rings (SSSR count). The zero-order valence-electron chi connectivity index (χ0n) is 6.33. The molecular weight excluding hydrogens is 160 g/mol. The maximum atomic E-state index is 8.69. The van der Waals surface area contributed by atoms with Crippen LogP contribution < -0.4 is 0 Å².